The minimum Gasteiger partial charge on any atom is -0.507 e. The topological polar surface area (TPSA) is 89.2 Å². The number of likely N-dealkylation sites (tertiary alicyclic amines) is 1. The number of ether oxygens (including phenoxy) is 2. The van der Waals surface area contributed by atoms with Crippen molar-refractivity contribution in [3.05, 3.63) is 88.9 Å². The van der Waals surface area contributed by atoms with Gasteiger partial charge in [0, 0.05) is 17.2 Å². The van der Waals surface area contributed by atoms with Crippen LogP contribution in [0.1, 0.15) is 28.5 Å². The van der Waals surface area contributed by atoms with Gasteiger partial charge in [-0.2, -0.15) is 0 Å². The van der Waals surface area contributed by atoms with Crippen LogP contribution in [0.5, 0.6) is 11.5 Å². The van der Waals surface area contributed by atoms with Gasteiger partial charge < -0.3 is 23.9 Å². The van der Waals surface area contributed by atoms with Gasteiger partial charge in [-0.3, -0.25) is 9.59 Å². The van der Waals surface area contributed by atoms with E-state index < -0.39 is 17.7 Å². The summed E-state index contributed by atoms with van der Waals surface area (Å²) in [5.41, 5.74) is 2.00. The largest absolute Gasteiger partial charge is 0.507 e. The van der Waals surface area contributed by atoms with E-state index in [9.17, 15) is 14.7 Å². The molecule has 1 aliphatic heterocycles. The average Bonchev–Trinajstić information content (AvgIpc) is 3.41. The number of amides is 1. The molecule has 1 unspecified atom stereocenters. The molecule has 2 aromatic carbocycles. The fourth-order valence-corrected chi connectivity index (χ4v) is 3.85. The number of benzene rings is 2. The Balaban J connectivity index is 1.91. The lowest BCUT2D eigenvalue weighted by atomic mass is 9.94. The first-order valence-electron chi connectivity index (χ1n) is 10.0. The highest BCUT2D eigenvalue weighted by Crippen LogP contribution is 2.44. The van der Waals surface area contributed by atoms with Crippen molar-refractivity contribution in [1.82, 2.24) is 4.90 Å². The number of aliphatic hydroxyl groups is 1. The fourth-order valence-electron chi connectivity index (χ4n) is 3.85. The molecular formula is C25H23NO6. The average molecular weight is 433 g/mol. The Labute approximate surface area is 185 Å². The van der Waals surface area contributed by atoms with Crippen LogP contribution >= 0.6 is 0 Å². The van der Waals surface area contributed by atoms with E-state index in [1.54, 1.807) is 42.5 Å². The number of methoxy groups -OCH3 is 2. The van der Waals surface area contributed by atoms with E-state index in [1.807, 2.05) is 19.1 Å². The summed E-state index contributed by atoms with van der Waals surface area (Å²) in [6.45, 7) is 1.98. The number of furan rings is 1. The summed E-state index contributed by atoms with van der Waals surface area (Å²) >= 11 is 0. The summed E-state index contributed by atoms with van der Waals surface area (Å²) in [5.74, 6) is -0.231. The highest BCUT2D eigenvalue weighted by atomic mass is 16.5. The van der Waals surface area contributed by atoms with Crippen molar-refractivity contribution in [3.63, 3.8) is 0 Å². The third kappa shape index (κ3) is 3.73. The molecule has 1 amide bonds. The second-order valence-electron chi connectivity index (χ2n) is 7.48. The molecule has 1 fully saturated rings. The summed E-state index contributed by atoms with van der Waals surface area (Å²) in [6.07, 6.45) is 1.50. The Morgan fingerprint density at radius 1 is 1.06 bits per heavy atom. The molecule has 32 heavy (non-hydrogen) atoms. The van der Waals surface area contributed by atoms with Crippen molar-refractivity contribution in [2.24, 2.45) is 0 Å². The van der Waals surface area contributed by atoms with Crippen LogP contribution in [-0.2, 0) is 16.1 Å². The Morgan fingerprint density at radius 2 is 1.81 bits per heavy atom. The molecule has 0 bridgehead atoms. The van der Waals surface area contributed by atoms with Gasteiger partial charge in [-0.15, -0.1) is 0 Å². The molecule has 1 N–H and O–H groups in total. The van der Waals surface area contributed by atoms with Gasteiger partial charge in [0.2, 0.25) is 0 Å². The standard InChI is InChI=1S/C25H23NO6/c1-15-6-8-16(9-7-15)23(27)21-22(19-11-10-17(30-2)13-20(19)31-3)26(25(29)24(21)28)14-18-5-4-12-32-18/h4-13,22,27H,14H2,1-3H3. The number of aryl methyl sites for hydroxylation is 1. The first kappa shape index (κ1) is 21.2. The second-order valence-corrected chi connectivity index (χ2v) is 7.48. The highest BCUT2D eigenvalue weighted by Gasteiger charge is 2.47. The highest BCUT2D eigenvalue weighted by molar-refractivity contribution is 6.46. The Bertz CT molecular complexity index is 1180. The minimum absolute atomic E-state index is 0.00567. The molecule has 164 valence electrons. The molecule has 1 atom stereocenters. The molecule has 2 heterocycles. The van der Waals surface area contributed by atoms with Gasteiger partial charge >= 0.3 is 0 Å². The molecular weight excluding hydrogens is 410 g/mol. The van der Waals surface area contributed by atoms with E-state index in [4.69, 9.17) is 13.9 Å². The van der Waals surface area contributed by atoms with Gasteiger partial charge in [0.1, 0.15) is 23.0 Å². The predicted octanol–water partition coefficient (Wildman–Crippen LogP) is 4.23. The van der Waals surface area contributed by atoms with Gasteiger partial charge in [0.05, 0.1) is 38.6 Å². The van der Waals surface area contributed by atoms with Crippen molar-refractivity contribution in [3.8, 4) is 11.5 Å². The zero-order chi connectivity index (χ0) is 22.8. The van der Waals surface area contributed by atoms with Crippen molar-refractivity contribution in [2.75, 3.05) is 14.2 Å². The van der Waals surface area contributed by atoms with Crippen LogP contribution in [0.3, 0.4) is 0 Å². The molecule has 0 radical (unpaired) electrons. The lowest BCUT2D eigenvalue weighted by Gasteiger charge is -2.26. The molecule has 7 nitrogen and oxygen atoms in total. The van der Waals surface area contributed by atoms with E-state index in [-0.39, 0.29) is 17.9 Å². The maximum atomic E-state index is 13.1. The number of hydrogen-bond acceptors (Lipinski definition) is 6. The number of hydrogen-bond donors (Lipinski definition) is 1. The zero-order valence-corrected chi connectivity index (χ0v) is 18.0. The molecule has 0 aliphatic carbocycles. The van der Waals surface area contributed by atoms with E-state index in [1.165, 1.54) is 25.4 Å². The summed E-state index contributed by atoms with van der Waals surface area (Å²) in [6, 6.07) is 14.8. The maximum absolute atomic E-state index is 13.1. The van der Waals surface area contributed by atoms with E-state index >= 15 is 0 Å². The van der Waals surface area contributed by atoms with E-state index in [0.717, 1.165) is 5.56 Å². The van der Waals surface area contributed by atoms with Gasteiger partial charge in [-0.05, 0) is 31.2 Å². The molecule has 1 aliphatic rings. The Morgan fingerprint density at radius 3 is 2.44 bits per heavy atom. The number of ketones is 1. The van der Waals surface area contributed by atoms with Gasteiger partial charge in [-0.1, -0.05) is 29.8 Å². The molecule has 1 saturated heterocycles. The molecule has 7 heteroatoms. The maximum Gasteiger partial charge on any atom is 0.296 e. The van der Waals surface area contributed by atoms with Crippen molar-refractivity contribution >= 4 is 17.4 Å². The van der Waals surface area contributed by atoms with Crippen LogP contribution < -0.4 is 9.47 Å². The van der Waals surface area contributed by atoms with Crippen molar-refractivity contribution < 1.29 is 28.6 Å². The smallest absolute Gasteiger partial charge is 0.296 e. The molecule has 3 aromatic rings. The number of Topliss-reactive ketones (excluding diaryl/α,β-unsaturated/α-hetero) is 1. The van der Waals surface area contributed by atoms with Gasteiger partial charge in [-0.25, -0.2) is 0 Å². The van der Waals surface area contributed by atoms with Gasteiger partial charge in [0.15, 0.2) is 0 Å². The SMILES string of the molecule is COc1ccc(C2C(=C(O)c3ccc(C)cc3)C(=O)C(=O)N2Cc2ccco2)c(OC)c1. The van der Waals surface area contributed by atoms with Crippen molar-refractivity contribution in [1.29, 1.82) is 0 Å². The molecule has 4 rings (SSSR count). The Kier molecular flexibility index (Phi) is 5.73. The van der Waals surface area contributed by atoms with Crippen LogP contribution in [0.2, 0.25) is 0 Å². The lowest BCUT2D eigenvalue weighted by molar-refractivity contribution is -0.140. The molecule has 0 saturated carbocycles. The number of nitrogens with zero attached hydrogens (tertiary/aromatic N) is 1. The third-order valence-electron chi connectivity index (χ3n) is 5.51. The van der Waals surface area contributed by atoms with Crippen molar-refractivity contribution in [2.45, 2.75) is 19.5 Å². The number of rotatable bonds is 6. The summed E-state index contributed by atoms with van der Waals surface area (Å²) in [5, 5.41) is 11.1. The summed E-state index contributed by atoms with van der Waals surface area (Å²) in [4.78, 5) is 27.6. The zero-order valence-electron chi connectivity index (χ0n) is 18.0. The number of carbonyl (C=O) groups is 2. The van der Waals surface area contributed by atoms with Crippen LogP contribution in [-0.4, -0.2) is 35.9 Å². The van der Waals surface area contributed by atoms with Crippen LogP contribution in [0.25, 0.3) is 5.76 Å². The molecule has 0 spiro atoms. The minimum atomic E-state index is -0.873. The van der Waals surface area contributed by atoms with E-state index in [0.29, 0.717) is 28.4 Å². The molecule has 1 aromatic heterocycles. The normalized spacial score (nSPS) is 17.6. The fraction of sp³-hybridized carbons (Fsp3) is 0.200. The van der Waals surface area contributed by atoms with E-state index in [2.05, 4.69) is 0 Å². The second kappa shape index (κ2) is 8.63. The van der Waals surface area contributed by atoms with Gasteiger partial charge in [0.25, 0.3) is 11.7 Å². The van der Waals surface area contributed by atoms with Crippen LogP contribution in [0.15, 0.2) is 70.9 Å². The quantitative estimate of drug-likeness (QED) is 0.356. The van der Waals surface area contributed by atoms with Crippen LogP contribution in [0, 0.1) is 6.92 Å². The monoisotopic (exact) mass is 433 g/mol. The first-order valence-corrected chi connectivity index (χ1v) is 10.0. The summed E-state index contributed by atoms with van der Waals surface area (Å²) < 4.78 is 16.2. The first-order chi connectivity index (χ1) is 15.4. The number of aliphatic hydroxyl groups excluding tert-OH is 1. The Hall–Kier alpha value is -4.00. The third-order valence-corrected chi connectivity index (χ3v) is 5.51. The predicted molar refractivity (Wildman–Crippen MR) is 117 cm³/mol. The number of carbonyl (C=O) groups excluding carboxylic acids is 2. The summed E-state index contributed by atoms with van der Waals surface area (Å²) in [7, 11) is 3.03. The lowest BCUT2D eigenvalue weighted by Crippen LogP contribution is -2.29. The van der Waals surface area contributed by atoms with Crippen LogP contribution in [0.4, 0.5) is 0 Å².